The van der Waals surface area contributed by atoms with Gasteiger partial charge in [0.1, 0.15) is 11.9 Å². The molecule has 0 spiro atoms. The van der Waals surface area contributed by atoms with E-state index in [2.05, 4.69) is 19.9 Å². The van der Waals surface area contributed by atoms with Crippen LogP contribution in [0.5, 0.6) is 0 Å². The van der Waals surface area contributed by atoms with Gasteiger partial charge in [-0.3, -0.25) is 4.79 Å². The summed E-state index contributed by atoms with van der Waals surface area (Å²) in [5.74, 6) is 2.52. The summed E-state index contributed by atoms with van der Waals surface area (Å²) in [5, 5.41) is 20.6. The van der Waals surface area contributed by atoms with Gasteiger partial charge in [0.05, 0.1) is 6.10 Å². The Labute approximate surface area is 145 Å². The summed E-state index contributed by atoms with van der Waals surface area (Å²) in [6.45, 7) is 6.47. The minimum absolute atomic E-state index is 0.0389. The molecule has 0 aromatic carbocycles. The van der Waals surface area contributed by atoms with Crippen LogP contribution in [-0.2, 0) is 4.79 Å². The van der Waals surface area contributed by atoms with Gasteiger partial charge in [0, 0.05) is 5.92 Å². The Morgan fingerprint density at radius 2 is 1.83 bits per heavy atom. The maximum Gasteiger partial charge on any atom is 0.133 e. The van der Waals surface area contributed by atoms with Gasteiger partial charge in [0.15, 0.2) is 0 Å². The van der Waals surface area contributed by atoms with Crippen molar-refractivity contribution in [2.45, 2.75) is 77.9 Å². The molecule has 3 heteroatoms. The van der Waals surface area contributed by atoms with Gasteiger partial charge in [-0.1, -0.05) is 19.9 Å². The van der Waals surface area contributed by atoms with Gasteiger partial charge in [0.2, 0.25) is 0 Å². The van der Waals surface area contributed by atoms with Crippen molar-refractivity contribution in [1.29, 1.82) is 0 Å². The van der Waals surface area contributed by atoms with Crippen LogP contribution >= 0.6 is 0 Å². The SMILES string of the molecule is CC(=O)[C@H]1CC[C@H]2[C@@H]3CC=C4C(O)C(O)CC[C@]4(C)[C@H]3CC[C@]12C. The van der Waals surface area contributed by atoms with Crippen LogP contribution in [0.25, 0.3) is 0 Å². The van der Waals surface area contributed by atoms with E-state index in [1.165, 1.54) is 6.42 Å². The molecule has 4 aliphatic carbocycles. The molecule has 3 nitrogen and oxygen atoms in total. The average molecular weight is 332 g/mol. The highest BCUT2D eigenvalue weighted by atomic mass is 16.3. The molecule has 2 unspecified atom stereocenters. The first-order chi connectivity index (χ1) is 11.3. The lowest BCUT2D eigenvalue weighted by atomic mass is 9.47. The maximum absolute atomic E-state index is 12.2. The summed E-state index contributed by atoms with van der Waals surface area (Å²) in [5.41, 5.74) is 1.32. The third kappa shape index (κ3) is 2.07. The molecule has 0 aromatic heterocycles. The number of aliphatic hydroxyl groups is 2. The Balaban J connectivity index is 1.68. The second-order valence-electron chi connectivity index (χ2n) is 9.53. The number of hydrogen-bond acceptors (Lipinski definition) is 3. The Hall–Kier alpha value is -0.670. The standard InChI is InChI=1S/C21H32O3/c1-12(22)14-6-7-15-13-4-5-17-19(24)18(23)9-11-21(17,3)16(13)8-10-20(14,15)2/h5,13-16,18-19,23-24H,4,6-11H2,1-3H3/t13-,14+,15-,16-,18?,19?,20+,21+/m0/s1. The summed E-state index contributed by atoms with van der Waals surface area (Å²) < 4.78 is 0. The second kappa shape index (κ2) is 5.41. The van der Waals surface area contributed by atoms with E-state index in [0.29, 0.717) is 30.0 Å². The first kappa shape index (κ1) is 16.8. The zero-order valence-corrected chi connectivity index (χ0v) is 15.3. The average Bonchev–Trinajstić information content (AvgIpc) is 2.89. The fourth-order valence-electron chi connectivity index (χ4n) is 7.39. The summed E-state index contributed by atoms with van der Waals surface area (Å²) in [4.78, 5) is 12.2. The highest BCUT2D eigenvalue weighted by molar-refractivity contribution is 5.79. The van der Waals surface area contributed by atoms with Crippen LogP contribution in [-0.4, -0.2) is 28.2 Å². The van der Waals surface area contributed by atoms with Crippen molar-refractivity contribution >= 4 is 5.78 Å². The van der Waals surface area contributed by atoms with E-state index in [1.54, 1.807) is 6.92 Å². The Morgan fingerprint density at radius 3 is 2.54 bits per heavy atom. The number of ketones is 1. The van der Waals surface area contributed by atoms with Gasteiger partial charge in [0.25, 0.3) is 0 Å². The molecule has 3 fully saturated rings. The molecule has 4 aliphatic rings. The number of hydrogen-bond donors (Lipinski definition) is 2. The van der Waals surface area contributed by atoms with E-state index in [4.69, 9.17) is 0 Å². The van der Waals surface area contributed by atoms with E-state index in [0.717, 1.165) is 37.7 Å². The number of carbonyl (C=O) groups excluding carboxylic acids is 1. The van der Waals surface area contributed by atoms with Crippen LogP contribution in [0.2, 0.25) is 0 Å². The van der Waals surface area contributed by atoms with Crippen LogP contribution in [0, 0.1) is 34.5 Å². The molecular weight excluding hydrogens is 300 g/mol. The number of Topliss-reactive ketones (excluding diaryl/α,β-unsaturated/α-hetero) is 1. The lowest BCUT2D eigenvalue weighted by Crippen LogP contribution is -2.53. The maximum atomic E-state index is 12.2. The normalized spacial score (nSPS) is 53.6. The molecule has 3 saturated carbocycles. The van der Waals surface area contributed by atoms with Crippen molar-refractivity contribution in [3.63, 3.8) is 0 Å². The highest BCUT2D eigenvalue weighted by Crippen LogP contribution is 2.66. The van der Waals surface area contributed by atoms with Crippen molar-refractivity contribution in [3.05, 3.63) is 11.6 Å². The fourth-order valence-corrected chi connectivity index (χ4v) is 7.39. The molecular formula is C21H32O3. The second-order valence-corrected chi connectivity index (χ2v) is 9.53. The van der Waals surface area contributed by atoms with Gasteiger partial charge < -0.3 is 10.2 Å². The number of allylic oxidation sites excluding steroid dienone is 1. The number of aliphatic hydroxyl groups excluding tert-OH is 2. The largest absolute Gasteiger partial charge is 0.390 e. The van der Waals surface area contributed by atoms with Gasteiger partial charge in [-0.15, -0.1) is 0 Å². The highest BCUT2D eigenvalue weighted by Gasteiger charge is 2.60. The first-order valence-corrected chi connectivity index (χ1v) is 9.86. The lowest BCUT2D eigenvalue weighted by Gasteiger charge is -2.58. The summed E-state index contributed by atoms with van der Waals surface area (Å²) in [6, 6.07) is 0. The molecule has 0 heterocycles. The number of carbonyl (C=O) groups is 1. The van der Waals surface area contributed by atoms with E-state index in [9.17, 15) is 15.0 Å². The van der Waals surface area contributed by atoms with Gasteiger partial charge in [-0.25, -0.2) is 0 Å². The minimum atomic E-state index is -0.674. The molecule has 0 radical (unpaired) electrons. The monoisotopic (exact) mass is 332 g/mol. The Morgan fingerprint density at radius 1 is 1.08 bits per heavy atom. The van der Waals surface area contributed by atoms with Crippen LogP contribution in [0.1, 0.15) is 65.7 Å². The van der Waals surface area contributed by atoms with Gasteiger partial charge >= 0.3 is 0 Å². The van der Waals surface area contributed by atoms with Gasteiger partial charge in [-0.2, -0.15) is 0 Å². The first-order valence-electron chi connectivity index (χ1n) is 9.86. The predicted molar refractivity (Wildman–Crippen MR) is 93.3 cm³/mol. The molecule has 0 aliphatic heterocycles. The third-order valence-corrected chi connectivity index (χ3v) is 8.66. The topological polar surface area (TPSA) is 57.5 Å². The van der Waals surface area contributed by atoms with Gasteiger partial charge in [-0.05, 0) is 86.0 Å². The molecule has 0 aromatic rings. The van der Waals surface area contributed by atoms with Crippen molar-refractivity contribution in [1.82, 2.24) is 0 Å². The van der Waals surface area contributed by atoms with E-state index in [1.807, 2.05) is 0 Å². The zero-order valence-electron chi connectivity index (χ0n) is 15.3. The van der Waals surface area contributed by atoms with Crippen LogP contribution in [0.4, 0.5) is 0 Å². The molecule has 134 valence electrons. The quantitative estimate of drug-likeness (QED) is 0.723. The van der Waals surface area contributed by atoms with Crippen molar-refractivity contribution in [2.75, 3.05) is 0 Å². The smallest absolute Gasteiger partial charge is 0.133 e. The van der Waals surface area contributed by atoms with Crippen molar-refractivity contribution < 1.29 is 15.0 Å². The lowest BCUT2D eigenvalue weighted by molar-refractivity contribution is -0.128. The van der Waals surface area contributed by atoms with Crippen LogP contribution in [0.15, 0.2) is 11.6 Å². The van der Waals surface area contributed by atoms with Crippen molar-refractivity contribution in [3.8, 4) is 0 Å². The number of rotatable bonds is 1. The van der Waals surface area contributed by atoms with E-state index in [-0.39, 0.29) is 16.7 Å². The summed E-state index contributed by atoms with van der Waals surface area (Å²) in [6.07, 6.45) is 8.25. The van der Waals surface area contributed by atoms with Crippen LogP contribution < -0.4 is 0 Å². The molecule has 2 N–H and O–H groups in total. The summed E-state index contributed by atoms with van der Waals surface area (Å²) in [7, 11) is 0. The van der Waals surface area contributed by atoms with Crippen LogP contribution in [0.3, 0.4) is 0 Å². The van der Waals surface area contributed by atoms with Crippen molar-refractivity contribution in [2.24, 2.45) is 34.5 Å². The Bertz CT molecular complexity index is 582. The zero-order chi connectivity index (χ0) is 17.3. The van der Waals surface area contributed by atoms with E-state index >= 15 is 0 Å². The predicted octanol–water partition coefficient (Wildman–Crippen LogP) is 3.49. The molecule has 8 atom stereocenters. The Kier molecular flexibility index (Phi) is 3.78. The molecule has 0 saturated heterocycles. The molecule has 0 bridgehead atoms. The van der Waals surface area contributed by atoms with E-state index < -0.39 is 12.2 Å². The number of fused-ring (bicyclic) bond motifs is 5. The molecule has 4 rings (SSSR count). The summed E-state index contributed by atoms with van der Waals surface area (Å²) >= 11 is 0. The molecule has 0 amide bonds. The minimum Gasteiger partial charge on any atom is -0.390 e. The fraction of sp³-hybridized carbons (Fsp3) is 0.857. The third-order valence-electron chi connectivity index (χ3n) is 8.66. The molecule has 24 heavy (non-hydrogen) atoms.